The molecule has 0 aliphatic carbocycles. The molecule has 0 spiro atoms. The number of pyridine rings is 1. The summed E-state index contributed by atoms with van der Waals surface area (Å²) in [5, 5.41) is 0. The highest BCUT2D eigenvalue weighted by Gasteiger charge is 2.02. The van der Waals surface area contributed by atoms with Crippen LogP contribution in [0.5, 0.6) is 0 Å². The molecule has 96 valence electrons. The van der Waals surface area contributed by atoms with Gasteiger partial charge in [-0.25, -0.2) is 0 Å². The summed E-state index contributed by atoms with van der Waals surface area (Å²) in [4.78, 5) is 17.8. The van der Waals surface area contributed by atoms with Gasteiger partial charge in [0.2, 0.25) is 5.78 Å². The third kappa shape index (κ3) is 4.07. The number of carbonyl (C=O) groups excluding carboxylic acids is 1. The van der Waals surface area contributed by atoms with Crippen LogP contribution < -0.4 is 0 Å². The second-order valence-corrected chi connectivity index (χ2v) is 4.30. The molecule has 0 atom stereocenters. The van der Waals surface area contributed by atoms with Crippen molar-refractivity contribution in [2.45, 2.75) is 6.54 Å². The Kier molecular flexibility index (Phi) is 4.45. The molecule has 0 aliphatic rings. The maximum absolute atomic E-state index is 11.8. The van der Waals surface area contributed by atoms with Gasteiger partial charge in [0, 0.05) is 32.1 Å². The van der Waals surface area contributed by atoms with Crippen molar-refractivity contribution < 1.29 is 4.79 Å². The van der Waals surface area contributed by atoms with Crippen molar-refractivity contribution in [2.75, 3.05) is 7.05 Å². The Morgan fingerprint density at radius 3 is 2.58 bits per heavy atom. The number of hydrogen-bond donors (Lipinski definition) is 0. The molecule has 3 nitrogen and oxygen atoms in total. The Bertz CT molecular complexity index is 549. The number of nitrogens with zero attached hydrogens (tertiary/aromatic N) is 2. The van der Waals surface area contributed by atoms with E-state index in [2.05, 4.69) is 17.1 Å². The largest absolute Gasteiger partial charge is 0.376 e. The third-order valence-electron chi connectivity index (χ3n) is 2.67. The average molecular weight is 252 g/mol. The minimum atomic E-state index is -0.0829. The lowest BCUT2D eigenvalue weighted by molar-refractivity contribution is 0.104. The van der Waals surface area contributed by atoms with E-state index in [1.807, 2.05) is 36.2 Å². The zero-order valence-electron chi connectivity index (χ0n) is 10.9. The molecule has 0 bridgehead atoms. The highest BCUT2D eigenvalue weighted by atomic mass is 16.1. The summed E-state index contributed by atoms with van der Waals surface area (Å²) in [5.41, 5.74) is 1.67. The number of carbonyl (C=O) groups is 1. The van der Waals surface area contributed by atoms with E-state index in [1.165, 1.54) is 5.56 Å². The van der Waals surface area contributed by atoms with Crippen LogP contribution in [0.25, 0.3) is 0 Å². The monoisotopic (exact) mass is 252 g/mol. The van der Waals surface area contributed by atoms with Gasteiger partial charge in [-0.15, -0.1) is 0 Å². The molecule has 0 N–H and O–H groups in total. The number of ketones is 1. The van der Waals surface area contributed by atoms with E-state index in [0.717, 1.165) is 6.54 Å². The Balaban J connectivity index is 1.94. The highest BCUT2D eigenvalue weighted by Crippen LogP contribution is 2.03. The summed E-state index contributed by atoms with van der Waals surface area (Å²) in [5.74, 6) is -0.0829. The first-order chi connectivity index (χ1) is 9.25. The second-order valence-electron chi connectivity index (χ2n) is 4.30. The zero-order valence-corrected chi connectivity index (χ0v) is 10.9. The van der Waals surface area contributed by atoms with Gasteiger partial charge in [0.25, 0.3) is 0 Å². The fourth-order valence-corrected chi connectivity index (χ4v) is 1.71. The van der Waals surface area contributed by atoms with E-state index in [9.17, 15) is 4.79 Å². The lowest BCUT2D eigenvalue weighted by atomic mass is 10.2. The van der Waals surface area contributed by atoms with Gasteiger partial charge in [0.15, 0.2) is 0 Å². The summed E-state index contributed by atoms with van der Waals surface area (Å²) in [7, 11) is 1.94. The molecular formula is C16H16N2O. The smallest absolute Gasteiger partial charge is 0.205 e. The molecule has 0 aliphatic heterocycles. The van der Waals surface area contributed by atoms with E-state index in [0.29, 0.717) is 5.69 Å². The molecule has 2 rings (SSSR count). The third-order valence-corrected chi connectivity index (χ3v) is 2.67. The van der Waals surface area contributed by atoms with E-state index in [4.69, 9.17) is 0 Å². The van der Waals surface area contributed by atoms with Crippen molar-refractivity contribution in [1.29, 1.82) is 0 Å². The first-order valence-corrected chi connectivity index (χ1v) is 6.13. The van der Waals surface area contributed by atoms with Gasteiger partial charge < -0.3 is 4.90 Å². The molecule has 0 saturated carbocycles. The van der Waals surface area contributed by atoms with Crippen molar-refractivity contribution in [1.82, 2.24) is 9.88 Å². The Morgan fingerprint density at radius 2 is 1.89 bits per heavy atom. The van der Waals surface area contributed by atoms with E-state index in [1.54, 1.807) is 30.6 Å². The molecule has 2 aromatic rings. The Labute approximate surface area is 113 Å². The normalized spacial score (nSPS) is 10.6. The maximum Gasteiger partial charge on any atom is 0.205 e. The SMILES string of the molecule is CN(/C=C\C(=O)c1ccccn1)Cc1ccccc1. The van der Waals surface area contributed by atoms with E-state index >= 15 is 0 Å². The molecule has 3 heteroatoms. The fraction of sp³-hybridized carbons (Fsp3) is 0.125. The van der Waals surface area contributed by atoms with Gasteiger partial charge in [-0.3, -0.25) is 9.78 Å². The predicted molar refractivity (Wildman–Crippen MR) is 75.6 cm³/mol. The summed E-state index contributed by atoms with van der Waals surface area (Å²) >= 11 is 0. The van der Waals surface area contributed by atoms with Gasteiger partial charge in [0.05, 0.1) is 0 Å². The van der Waals surface area contributed by atoms with Crippen molar-refractivity contribution in [3.05, 3.63) is 78.3 Å². The topological polar surface area (TPSA) is 33.2 Å². The minimum absolute atomic E-state index is 0.0829. The van der Waals surface area contributed by atoms with Crippen molar-refractivity contribution in [3.8, 4) is 0 Å². The standard InChI is InChI=1S/C16H16N2O/c1-18(13-14-7-3-2-4-8-14)12-10-16(19)15-9-5-6-11-17-15/h2-12H,13H2,1H3/b12-10-. The van der Waals surface area contributed by atoms with Gasteiger partial charge >= 0.3 is 0 Å². The zero-order chi connectivity index (χ0) is 13.5. The molecule has 1 heterocycles. The summed E-state index contributed by atoms with van der Waals surface area (Å²) in [6, 6.07) is 15.4. The summed E-state index contributed by atoms with van der Waals surface area (Å²) in [6.45, 7) is 0.771. The van der Waals surface area contributed by atoms with Crippen LogP contribution in [0.1, 0.15) is 16.1 Å². The van der Waals surface area contributed by atoms with Crippen LogP contribution in [0, 0.1) is 0 Å². The maximum atomic E-state index is 11.8. The van der Waals surface area contributed by atoms with Crippen molar-refractivity contribution >= 4 is 5.78 Å². The molecular weight excluding hydrogens is 236 g/mol. The van der Waals surface area contributed by atoms with Crippen LogP contribution in [0.15, 0.2) is 67.0 Å². The Morgan fingerprint density at radius 1 is 1.16 bits per heavy atom. The molecule has 0 saturated heterocycles. The lowest BCUT2D eigenvalue weighted by Gasteiger charge is -2.13. The summed E-state index contributed by atoms with van der Waals surface area (Å²) < 4.78 is 0. The van der Waals surface area contributed by atoms with Gasteiger partial charge in [-0.2, -0.15) is 0 Å². The number of allylic oxidation sites excluding steroid dienone is 1. The quantitative estimate of drug-likeness (QED) is 0.606. The number of aromatic nitrogens is 1. The predicted octanol–water partition coefficient (Wildman–Crippen LogP) is 2.91. The number of benzene rings is 1. The first kappa shape index (κ1) is 13.0. The van der Waals surface area contributed by atoms with Crippen LogP contribution in [0.4, 0.5) is 0 Å². The van der Waals surface area contributed by atoms with E-state index < -0.39 is 0 Å². The number of rotatable bonds is 5. The molecule has 0 unspecified atom stereocenters. The van der Waals surface area contributed by atoms with Crippen LogP contribution in [-0.4, -0.2) is 22.7 Å². The number of hydrogen-bond acceptors (Lipinski definition) is 3. The van der Waals surface area contributed by atoms with Crippen molar-refractivity contribution in [3.63, 3.8) is 0 Å². The van der Waals surface area contributed by atoms with E-state index in [-0.39, 0.29) is 5.78 Å². The minimum Gasteiger partial charge on any atom is -0.376 e. The molecule has 1 aromatic carbocycles. The van der Waals surface area contributed by atoms with Crippen molar-refractivity contribution in [2.24, 2.45) is 0 Å². The van der Waals surface area contributed by atoms with Crippen LogP contribution in [-0.2, 0) is 6.54 Å². The van der Waals surface area contributed by atoms with Crippen LogP contribution in [0.3, 0.4) is 0 Å². The molecule has 1 aromatic heterocycles. The summed E-state index contributed by atoms with van der Waals surface area (Å²) in [6.07, 6.45) is 4.95. The second kappa shape index (κ2) is 6.50. The molecule has 0 radical (unpaired) electrons. The van der Waals surface area contributed by atoms with Crippen LogP contribution in [0.2, 0.25) is 0 Å². The molecule has 0 amide bonds. The molecule has 0 fully saturated rings. The Hall–Kier alpha value is -2.42. The average Bonchev–Trinajstić information content (AvgIpc) is 2.47. The highest BCUT2D eigenvalue weighted by molar-refractivity contribution is 6.02. The molecule has 19 heavy (non-hydrogen) atoms. The first-order valence-electron chi connectivity index (χ1n) is 6.13. The fourth-order valence-electron chi connectivity index (χ4n) is 1.71. The lowest BCUT2D eigenvalue weighted by Crippen LogP contribution is -2.11. The van der Waals surface area contributed by atoms with Crippen LogP contribution >= 0.6 is 0 Å². The van der Waals surface area contributed by atoms with Gasteiger partial charge in [-0.05, 0) is 17.7 Å². The van der Waals surface area contributed by atoms with Gasteiger partial charge in [0.1, 0.15) is 5.69 Å². The van der Waals surface area contributed by atoms with Gasteiger partial charge in [-0.1, -0.05) is 36.4 Å².